The lowest BCUT2D eigenvalue weighted by Crippen LogP contribution is -2.10. The summed E-state index contributed by atoms with van der Waals surface area (Å²) in [4.78, 5) is 33.5. The summed E-state index contributed by atoms with van der Waals surface area (Å²) in [5.41, 5.74) is 2.90. The first-order chi connectivity index (χ1) is 13.1. The first kappa shape index (κ1) is 17.7. The number of thiophene rings is 1. The maximum Gasteiger partial charge on any atom is 0.260 e. The van der Waals surface area contributed by atoms with Crippen LogP contribution in [0.5, 0.6) is 0 Å². The van der Waals surface area contributed by atoms with Gasteiger partial charge in [0.25, 0.3) is 5.56 Å². The highest BCUT2D eigenvalue weighted by Crippen LogP contribution is 2.32. The highest BCUT2D eigenvalue weighted by Gasteiger charge is 2.18. The Labute approximate surface area is 161 Å². The van der Waals surface area contributed by atoms with Crippen LogP contribution < -0.4 is 10.9 Å². The number of carbonyl (C=O) groups excluding carboxylic acids is 1. The van der Waals surface area contributed by atoms with Crippen LogP contribution in [0.2, 0.25) is 0 Å². The number of carbonyl (C=O) groups is 1. The highest BCUT2D eigenvalue weighted by atomic mass is 32.1. The number of fused-ring (bicyclic) bond motifs is 3. The van der Waals surface area contributed by atoms with Gasteiger partial charge in [-0.05, 0) is 55.0 Å². The van der Waals surface area contributed by atoms with Gasteiger partial charge < -0.3 is 10.3 Å². The number of aromatic amines is 1. The van der Waals surface area contributed by atoms with E-state index in [9.17, 15) is 9.59 Å². The van der Waals surface area contributed by atoms with E-state index in [-0.39, 0.29) is 11.5 Å². The van der Waals surface area contributed by atoms with E-state index >= 15 is 0 Å². The molecule has 5 nitrogen and oxygen atoms in total. The minimum Gasteiger partial charge on any atom is -0.326 e. The molecule has 1 aliphatic carbocycles. The molecule has 0 radical (unpaired) electrons. The van der Waals surface area contributed by atoms with Crippen molar-refractivity contribution in [3.8, 4) is 0 Å². The van der Waals surface area contributed by atoms with Crippen molar-refractivity contribution >= 4 is 45.3 Å². The molecule has 0 atom stereocenters. The molecule has 2 N–H and O–H groups in total. The predicted molar refractivity (Wildman–Crippen MR) is 111 cm³/mol. The van der Waals surface area contributed by atoms with Crippen molar-refractivity contribution in [1.29, 1.82) is 0 Å². The second kappa shape index (κ2) is 7.48. The zero-order chi connectivity index (χ0) is 18.8. The Morgan fingerprint density at radius 2 is 1.93 bits per heavy atom. The Morgan fingerprint density at radius 1 is 1.15 bits per heavy atom. The number of nitrogens with one attached hydrogen (secondary N) is 2. The van der Waals surface area contributed by atoms with Crippen LogP contribution in [0.1, 0.15) is 48.0 Å². The molecule has 2 aromatic heterocycles. The standard InChI is InChI=1S/C21H21N3O2S/c1-13(25)22-15-10-7-14(8-11-15)9-12-18-23-20(26)19-16-5-3-2-4-6-17(16)27-21(19)24-18/h7-12H,2-6H2,1H3,(H,22,25)(H,23,24,26)/b12-9+. The Balaban J connectivity index is 1.61. The molecule has 0 unspecified atom stereocenters. The van der Waals surface area contributed by atoms with Gasteiger partial charge in [0.2, 0.25) is 5.91 Å². The summed E-state index contributed by atoms with van der Waals surface area (Å²) in [5, 5.41) is 3.53. The summed E-state index contributed by atoms with van der Waals surface area (Å²) < 4.78 is 0. The van der Waals surface area contributed by atoms with Crippen molar-refractivity contribution in [2.45, 2.75) is 39.0 Å². The molecule has 6 heteroatoms. The first-order valence-electron chi connectivity index (χ1n) is 9.20. The fourth-order valence-corrected chi connectivity index (χ4v) is 4.76. The van der Waals surface area contributed by atoms with Gasteiger partial charge in [-0.3, -0.25) is 9.59 Å². The van der Waals surface area contributed by atoms with E-state index in [1.807, 2.05) is 36.4 Å². The predicted octanol–water partition coefficient (Wildman–Crippen LogP) is 4.38. The molecular weight excluding hydrogens is 358 g/mol. The number of H-pyrrole nitrogens is 1. The minimum atomic E-state index is -0.0947. The average Bonchev–Trinajstić information content (AvgIpc) is 2.83. The van der Waals surface area contributed by atoms with Gasteiger partial charge in [0.1, 0.15) is 10.7 Å². The quantitative estimate of drug-likeness (QED) is 0.663. The van der Waals surface area contributed by atoms with Crippen molar-refractivity contribution in [2.24, 2.45) is 0 Å². The van der Waals surface area contributed by atoms with Crippen LogP contribution in [0, 0.1) is 0 Å². The number of rotatable bonds is 3. The van der Waals surface area contributed by atoms with E-state index in [0.717, 1.165) is 40.7 Å². The highest BCUT2D eigenvalue weighted by molar-refractivity contribution is 7.18. The van der Waals surface area contributed by atoms with Crippen LogP contribution in [0.3, 0.4) is 0 Å². The molecule has 27 heavy (non-hydrogen) atoms. The second-order valence-electron chi connectivity index (χ2n) is 6.83. The third-order valence-corrected chi connectivity index (χ3v) is 5.94. The molecule has 2 heterocycles. The lowest BCUT2D eigenvalue weighted by Gasteiger charge is -2.02. The summed E-state index contributed by atoms with van der Waals surface area (Å²) in [7, 11) is 0. The maximum absolute atomic E-state index is 12.6. The van der Waals surface area contributed by atoms with E-state index in [1.165, 1.54) is 30.2 Å². The Morgan fingerprint density at radius 3 is 2.70 bits per heavy atom. The van der Waals surface area contributed by atoms with Gasteiger partial charge in [0.05, 0.1) is 5.39 Å². The molecule has 1 aromatic carbocycles. The molecule has 138 valence electrons. The molecular formula is C21H21N3O2S. The molecule has 3 aromatic rings. The number of hydrogen-bond donors (Lipinski definition) is 2. The number of hydrogen-bond acceptors (Lipinski definition) is 4. The molecule has 0 bridgehead atoms. The number of benzene rings is 1. The SMILES string of the molecule is CC(=O)Nc1ccc(/C=C/c2nc3sc4c(c3c(=O)[nH]2)CCCCC4)cc1. The zero-order valence-corrected chi connectivity index (χ0v) is 16.0. The number of amides is 1. The van der Waals surface area contributed by atoms with Crippen LogP contribution in [-0.4, -0.2) is 15.9 Å². The number of nitrogens with zero attached hydrogens (tertiary/aromatic N) is 1. The number of anilines is 1. The summed E-state index contributed by atoms with van der Waals surface area (Å²) in [6.45, 7) is 1.48. The van der Waals surface area contributed by atoms with Crippen LogP contribution in [0.4, 0.5) is 5.69 Å². The smallest absolute Gasteiger partial charge is 0.260 e. The first-order valence-corrected chi connectivity index (χ1v) is 10.0. The lowest BCUT2D eigenvalue weighted by molar-refractivity contribution is -0.114. The van der Waals surface area contributed by atoms with Crippen molar-refractivity contribution in [1.82, 2.24) is 9.97 Å². The van der Waals surface area contributed by atoms with E-state index in [4.69, 9.17) is 0 Å². The Hall–Kier alpha value is -2.73. The van der Waals surface area contributed by atoms with Gasteiger partial charge >= 0.3 is 0 Å². The summed E-state index contributed by atoms with van der Waals surface area (Å²) >= 11 is 1.67. The Bertz CT molecular complexity index is 1080. The van der Waals surface area contributed by atoms with Crippen LogP contribution in [0.15, 0.2) is 29.1 Å². The van der Waals surface area contributed by atoms with Gasteiger partial charge in [0, 0.05) is 17.5 Å². The van der Waals surface area contributed by atoms with E-state index < -0.39 is 0 Å². The monoisotopic (exact) mass is 379 g/mol. The minimum absolute atomic E-state index is 0.0416. The third kappa shape index (κ3) is 3.85. The van der Waals surface area contributed by atoms with Gasteiger partial charge in [-0.2, -0.15) is 0 Å². The fraction of sp³-hybridized carbons (Fsp3) is 0.286. The van der Waals surface area contributed by atoms with Crippen molar-refractivity contribution in [3.05, 3.63) is 56.4 Å². The number of aromatic nitrogens is 2. The van der Waals surface area contributed by atoms with Crippen molar-refractivity contribution in [3.63, 3.8) is 0 Å². The largest absolute Gasteiger partial charge is 0.326 e. The average molecular weight is 379 g/mol. The normalized spacial score (nSPS) is 14.3. The van der Waals surface area contributed by atoms with Gasteiger partial charge in [-0.15, -0.1) is 11.3 Å². The molecule has 4 rings (SSSR count). The molecule has 0 saturated heterocycles. The van der Waals surface area contributed by atoms with E-state index in [1.54, 1.807) is 11.3 Å². The molecule has 0 saturated carbocycles. The molecule has 0 fully saturated rings. The number of aryl methyl sites for hydroxylation is 2. The van der Waals surface area contributed by atoms with Crippen LogP contribution in [0.25, 0.3) is 22.4 Å². The fourth-order valence-electron chi connectivity index (χ4n) is 3.49. The molecule has 1 amide bonds. The maximum atomic E-state index is 12.6. The summed E-state index contributed by atoms with van der Waals surface area (Å²) in [6, 6.07) is 7.50. The summed E-state index contributed by atoms with van der Waals surface area (Å²) in [6.07, 6.45) is 9.33. The third-order valence-electron chi connectivity index (χ3n) is 4.76. The molecule has 0 spiro atoms. The topological polar surface area (TPSA) is 74.8 Å². The van der Waals surface area contributed by atoms with Crippen LogP contribution >= 0.6 is 11.3 Å². The van der Waals surface area contributed by atoms with E-state index in [2.05, 4.69) is 15.3 Å². The molecule has 0 aliphatic heterocycles. The lowest BCUT2D eigenvalue weighted by atomic mass is 10.1. The van der Waals surface area contributed by atoms with Gasteiger partial charge in [-0.1, -0.05) is 24.6 Å². The summed E-state index contributed by atoms with van der Waals surface area (Å²) in [5.74, 6) is 0.470. The molecule has 1 aliphatic rings. The van der Waals surface area contributed by atoms with Crippen LogP contribution in [-0.2, 0) is 17.6 Å². The van der Waals surface area contributed by atoms with Crippen molar-refractivity contribution in [2.75, 3.05) is 5.32 Å². The zero-order valence-electron chi connectivity index (χ0n) is 15.2. The van der Waals surface area contributed by atoms with Gasteiger partial charge in [0.15, 0.2) is 0 Å². The van der Waals surface area contributed by atoms with Crippen molar-refractivity contribution < 1.29 is 4.79 Å². The second-order valence-corrected chi connectivity index (χ2v) is 7.92. The van der Waals surface area contributed by atoms with Gasteiger partial charge in [-0.25, -0.2) is 4.98 Å². The van der Waals surface area contributed by atoms with E-state index in [0.29, 0.717) is 5.82 Å². The Kier molecular flexibility index (Phi) is 4.90.